The molecule has 0 aromatic carbocycles. The zero-order chi connectivity index (χ0) is 11.4. The molecule has 0 aliphatic heterocycles. The molecule has 0 amide bonds. The Hall–Kier alpha value is -1.10. The van der Waals surface area contributed by atoms with Crippen LogP contribution in [0, 0.1) is 0 Å². The van der Waals surface area contributed by atoms with E-state index in [0.717, 1.165) is 4.47 Å². The molecule has 1 aromatic rings. The number of methoxy groups -OCH3 is 1. The molecule has 1 heterocycles. The van der Waals surface area contributed by atoms with Gasteiger partial charge in [0, 0.05) is 6.04 Å². The SMILES string of the molecule is COC(=O)c1ccc(Br)c(NC(C)C)n1. The maximum Gasteiger partial charge on any atom is 0.356 e. The third kappa shape index (κ3) is 3.20. The average molecular weight is 273 g/mol. The first-order chi connectivity index (χ1) is 7.04. The highest BCUT2D eigenvalue weighted by Gasteiger charge is 2.10. The van der Waals surface area contributed by atoms with Crippen molar-refractivity contribution in [3.05, 3.63) is 22.3 Å². The highest BCUT2D eigenvalue weighted by Crippen LogP contribution is 2.21. The normalized spacial score (nSPS) is 10.2. The molecule has 0 atom stereocenters. The third-order valence-corrected chi connectivity index (χ3v) is 2.31. The molecule has 1 aromatic heterocycles. The monoisotopic (exact) mass is 272 g/mol. The van der Waals surface area contributed by atoms with Gasteiger partial charge in [0.25, 0.3) is 0 Å². The third-order valence-electron chi connectivity index (χ3n) is 1.67. The number of aromatic nitrogens is 1. The summed E-state index contributed by atoms with van der Waals surface area (Å²) in [7, 11) is 1.33. The Morgan fingerprint density at radius 2 is 2.20 bits per heavy atom. The molecule has 4 nitrogen and oxygen atoms in total. The van der Waals surface area contributed by atoms with E-state index in [0.29, 0.717) is 11.5 Å². The number of halogens is 1. The number of rotatable bonds is 3. The van der Waals surface area contributed by atoms with E-state index < -0.39 is 5.97 Å². The van der Waals surface area contributed by atoms with Crippen LogP contribution in [0.4, 0.5) is 5.82 Å². The van der Waals surface area contributed by atoms with Gasteiger partial charge in [-0.2, -0.15) is 0 Å². The largest absolute Gasteiger partial charge is 0.464 e. The van der Waals surface area contributed by atoms with E-state index in [1.54, 1.807) is 12.1 Å². The van der Waals surface area contributed by atoms with E-state index in [4.69, 9.17) is 0 Å². The molecular formula is C10H13BrN2O2. The lowest BCUT2D eigenvalue weighted by Gasteiger charge is -2.11. The van der Waals surface area contributed by atoms with Gasteiger partial charge < -0.3 is 10.1 Å². The van der Waals surface area contributed by atoms with E-state index in [9.17, 15) is 4.79 Å². The second kappa shape index (κ2) is 5.11. The van der Waals surface area contributed by atoms with E-state index in [1.807, 2.05) is 13.8 Å². The number of ether oxygens (including phenoxy) is 1. The lowest BCUT2D eigenvalue weighted by atomic mass is 10.3. The number of carbonyl (C=O) groups excluding carboxylic acids is 1. The smallest absolute Gasteiger partial charge is 0.356 e. The highest BCUT2D eigenvalue weighted by atomic mass is 79.9. The predicted molar refractivity (Wildman–Crippen MR) is 62.0 cm³/mol. The molecule has 0 saturated heterocycles. The van der Waals surface area contributed by atoms with Crippen LogP contribution in [0.25, 0.3) is 0 Å². The van der Waals surface area contributed by atoms with Crippen LogP contribution in [0.2, 0.25) is 0 Å². The quantitative estimate of drug-likeness (QED) is 0.859. The van der Waals surface area contributed by atoms with E-state index in [2.05, 4.69) is 31.0 Å². The second-order valence-electron chi connectivity index (χ2n) is 3.32. The fourth-order valence-electron chi connectivity index (χ4n) is 1.04. The summed E-state index contributed by atoms with van der Waals surface area (Å²) >= 11 is 3.35. The Bertz CT molecular complexity index is 366. The number of nitrogens with zero attached hydrogens (tertiary/aromatic N) is 1. The van der Waals surface area contributed by atoms with Crippen LogP contribution in [-0.4, -0.2) is 24.1 Å². The van der Waals surface area contributed by atoms with Gasteiger partial charge in [0.1, 0.15) is 5.82 Å². The first-order valence-electron chi connectivity index (χ1n) is 4.56. The number of hydrogen-bond acceptors (Lipinski definition) is 4. The molecule has 0 fully saturated rings. The van der Waals surface area contributed by atoms with E-state index in [1.165, 1.54) is 7.11 Å². The lowest BCUT2D eigenvalue weighted by Crippen LogP contribution is -2.13. The minimum absolute atomic E-state index is 0.252. The van der Waals surface area contributed by atoms with Gasteiger partial charge in [-0.15, -0.1) is 0 Å². The molecule has 0 unspecified atom stereocenters. The molecule has 0 aliphatic rings. The summed E-state index contributed by atoms with van der Waals surface area (Å²) in [5.74, 6) is 0.210. The molecule has 82 valence electrons. The maximum absolute atomic E-state index is 11.2. The van der Waals surface area contributed by atoms with Crippen LogP contribution >= 0.6 is 15.9 Å². The summed E-state index contributed by atoms with van der Waals surface area (Å²) in [4.78, 5) is 15.4. The van der Waals surface area contributed by atoms with Crippen molar-refractivity contribution >= 4 is 27.7 Å². The van der Waals surface area contributed by atoms with Crippen molar-refractivity contribution in [2.75, 3.05) is 12.4 Å². The van der Waals surface area contributed by atoms with Gasteiger partial charge in [0.15, 0.2) is 5.69 Å². The number of nitrogens with one attached hydrogen (secondary N) is 1. The zero-order valence-electron chi connectivity index (χ0n) is 8.87. The molecule has 1 rings (SSSR count). The van der Waals surface area contributed by atoms with Crippen molar-refractivity contribution in [1.82, 2.24) is 4.98 Å². The molecule has 0 saturated carbocycles. The maximum atomic E-state index is 11.2. The highest BCUT2D eigenvalue weighted by molar-refractivity contribution is 9.10. The Balaban J connectivity index is 2.99. The minimum Gasteiger partial charge on any atom is -0.464 e. The average Bonchev–Trinajstić information content (AvgIpc) is 2.19. The molecule has 15 heavy (non-hydrogen) atoms. The second-order valence-corrected chi connectivity index (χ2v) is 4.17. The fraction of sp³-hybridized carbons (Fsp3) is 0.400. The van der Waals surface area contributed by atoms with Crippen LogP contribution in [0.1, 0.15) is 24.3 Å². The molecule has 0 aliphatic carbocycles. The van der Waals surface area contributed by atoms with Gasteiger partial charge in [-0.1, -0.05) is 0 Å². The minimum atomic E-state index is -0.436. The van der Waals surface area contributed by atoms with Crippen LogP contribution in [-0.2, 0) is 4.74 Å². The Kier molecular flexibility index (Phi) is 4.08. The number of anilines is 1. The zero-order valence-corrected chi connectivity index (χ0v) is 10.5. The topological polar surface area (TPSA) is 51.2 Å². The lowest BCUT2D eigenvalue weighted by molar-refractivity contribution is 0.0594. The molecule has 0 spiro atoms. The van der Waals surface area contributed by atoms with Crippen LogP contribution in [0.15, 0.2) is 16.6 Å². The van der Waals surface area contributed by atoms with Crippen molar-refractivity contribution in [1.29, 1.82) is 0 Å². The van der Waals surface area contributed by atoms with Crippen LogP contribution < -0.4 is 5.32 Å². The molecule has 0 bridgehead atoms. The predicted octanol–water partition coefficient (Wildman–Crippen LogP) is 2.45. The van der Waals surface area contributed by atoms with E-state index >= 15 is 0 Å². The van der Waals surface area contributed by atoms with Gasteiger partial charge in [-0.25, -0.2) is 9.78 Å². The van der Waals surface area contributed by atoms with Crippen molar-refractivity contribution < 1.29 is 9.53 Å². The number of carbonyl (C=O) groups is 1. The Morgan fingerprint density at radius 1 is 1.53 bits per heavy atom. The summed E-state index contributed by atoms with van der Waals surface area (Å²) in [5.41, 5.74) is 0.295. The van der Waals surface area contributed by atoms with Gasteiger partial charge in [-0.05, 0) is 41.9 Å². The van der Waals surface area contributed by atoms with Gasteiger partial charge in [0.2, 0.25) is 0 Å². The van der Waals surface area contributed by atoms with Gasteiger partial charge in [-0.3, -0.25) is 0 Å². The number of esters is 1. The molecule has 0 radical (unpaired) electrons. The van der Waals surface area contributed by atoms with Gasteiger partial charge in [0.05, 0.1) is 11.6 Å². The van der Waals surface area contributed by atoms with Crippen molar-refractivity contribution in [3.8, 4) is 0 Å². The molecule has 5 heteroatoms. The summed E-state index contributed by atoms with van der Waals surface area (Å²) < 4.78 is 5.41. The number of pyridine rings is 1. The summed E-state index contributed by atoms with van der Waals surface area (Å²) in [6, 6.07) is 3.63. The van der Waals surface area contributed by atoms with Crippen LogP contribution in [0.5, 0.6) is 0 Å². The van der Waals surface area contributed by atoms with Crippen molar-refractivity contribution in [2.45, 2.75) is 19.9 Å². The van der Waals surface area contributed by atoms with E-state index in [-0.39, 0.29) is 6.04 Å². The summed E-state index contributed by atoms with van der Waals surface area (Å²) in [6.07, 6.45) is 0. The Labute approximate surface area is 97.2 Å². The summed E-state index contributed by atoms with van der Waals surface area (Å²) in [6.45, 7) is 4.00. The first kappa shape index (κ1) is 12.0. The van der Waals surface area contributed by atoms with Crippen molar-refractivity contribution in [3.63, 3.8) is 0 Å². The van der Waals surface area contributed by atoms with Crippen molar-refractivity contribution in [2.24, 2.45) is 0 Å². The summed E-state index contributed by atoms with van der Waals surface area (Å²) in [5, 5.41) is 3.13. The Morgan fingerprint density at radius 3 is 2.73 bits per heavy atom. The number of hydrogen-bond donors (Lipinski definition) is 1. The van der Waals surface area contributed by atoms with Crippen LogP contribution in [0.3, 0.4) is 0 Å². The fourth-order valence-corrected chi connectivity index (χ4v) is 1.37. The molecular weight excluding hydrogens is 260 g/mol. The standard InChI is InChI=1S/C10H13BrN2O2/c1-6(2)12-9-7(11)4-5-8(13-9)10(14)15-3/h4-6H,1-3H3,(H,12,13). The molecule has 1 N–H and O–H groups in total. The van der Waals surface area contributed by atoms with Gasteiger partial charge >= 0.3 is 5.97 Å². The first-order valence-corrected chi connectivity index (χ1v) is 5.35.